The van der Waals surface area contributed by atoms with Crippen molar-refractivity contribution in [1.82, 2.24) is 4.98 Å². The van der Waals surface area contributed by atoms with Crippen LogP contribution in [-0.4, -0.2) is 46.5 Å². The predicted octanol–water partition coefficient (Wildman–Crippen LogP) is 5.83. The summed E-state index contributed by atoms with van der Waals surface area (Å²) in [4.78, 5) is 8.98. The van der Waals surface area contributed by atoms with Crippen LogP contribution in [0.3, 0.4) is 0 Å². The normalized spacial score (nSPS) is 10.5. The van der Waals surface area contributed by atoms with E-state index in [1.165, 1.54) is 0 Å². The molecule has 0 aliphatic carbocycles. The Kier molecular flexibility index (Phi) is 9.29. The largest absolute Gasteiger partial charge is 0.497 e. The third-order valence-electron chi connectivity index (χ3n) is 6.01. The number of pyridine rings is 1. The van der Waals surface area contributed by atoms with Gasteiger partial charge in [-0.15, -0.1) is 0 Å². The Balaban J connectivity index is 1.41. The van der Waals surface area contributed by atoms with Crippen molar-refractivity contribution in [2.75, 3.05) is 51.3 Å². The van der Waals surface area contributed by atoms with Crippen LogP contribution in [0.5, 0.6) is 23.0 Å². The van der Waals surface area contributed by atoms with Gasteiger partial charge in [-0.2, -0.15) is 0 Å². The number of benzene rings is 3. The van der Waals surface area contributed by atoms with Crippen LogP contribution in [-0.2, 0) is 13.1 Å². The third kappa shape index (κ3) is 7.56. The van der Waals surface area contributed by atoms with E-state index < -0.39 is 0 Å². The summed E-state index contributed by atoms with van der Waals surface area (Å²) in [5.74, 6) is 4.02. The number of rotatable bonds is 13. The lowest BCUT2D eigenvalue weighted by atomic mass is 10.1. The highest BCUT2D eigenvalue weighted by Crippen LogP contribution is 2.24. The minimum atomic E-state index is 0.421. The average Bonchev–Trinajstić information content (AvgIpc) is 2.95. The van der Waals surface area contributed by atoms with Gasteiger partial charge in [-0.3, -0.25) is 0 Å². The van der Waals surface area contributed by atoms with Crippen molar-refractivity contribution in [2.24, 2.45) is 0 Å². The van der Waals surface area contributed by atoms with Gasteiger partial charge in [-0.05, 0) is 59.7 Å². The highest BCUT2D eigenvalue weighted by molar-refractivity contribution is 5.49. The summed E-state index contributed by atoms with van der Waals surface area (Å²) in [5, 5.41) is 0. The van der Waals surface area contributed by atoms with Gasteiger partial charge in [0.05, 0.1) is 20.4 Å². The molecule has 7 nitrogen and oxygen atoms in total. The first-order valence-corrected chi connectivity index (χ1v) is 12.5. The number of methoxy groups -OCH3 is 2. The van der Waals surface area contributed by atoms with Crippen LogP contribution in [0.2, 0.25) is 0 Å². The van der Waals surface area contributed by atoms with Crippen LogP contribution in [0.1, 0.15) is 11.1 Å². The summed E-state index contributed by atoms with van der Waals surface area (Å²) in [6, 6.07) is 28.1. The van der Waals surface area contributed by atoms with E-state index in [0.717, 1.165) is 39.9 Å². The zero-order valence-electron chi connectivity index (χ0n) is 22.5. The van der Waals surface area contributed by atoms with Crippen molar-refractivity contribution in [3.63, 3.8) is 0 Å². The van der Waals surface area contributed by atoms with Gasteiger partial charge in [-0.25, -0.2) is 4.98 Å². The van der Waals surface area contributed by atoms with E-state index >= 15 is 0 Å². The molecule has 198 valence electrons. The molecule has 0 spiro atoms. The Bertz CT molecular complexity index is 1240. The van der Waals surface area contributed by atoms with Crippen LogP contribution in [0, 0.1) is 0 Å². The van der Waals surface area contributed by atoms with Gasteiger partial charge in [0.15, 0.2) is 0 Å². The highest BCUT2D eigenvalue weighted by Gasteiger charge is 2.12. The molecule has 1 aromatic heterocycles. The maximum Gasteiger partial charge on any atom is 0.137 e. The summed E-state index contributed by atoms with van der Waals surface area (Å²) in [6.45, 7) is 2.20. The first-order chi connectivity index (χ1) is 18.5. The number of nitrogens with zero attached hydrogens (tertiary/aromatic N) is 3. The molecule has 3 aromatic carbocycles. The first-order valence-electron chi connectivity index (χ1n) is 12.5. The molecule has 0 aliphatic rings. The Hall–Kier alpha value is -4.39. The summed E-state index contributed by atoms with van der Waals surface area (Å²) in [6.07, 6.45) is 1.76. The van der Waals surface area contributed by atoms with E-state index in [1.54, 1.807) is 20.4 Å². The molecule has 0 aliphatic heterocycles. The molecule has 0 bridgehead atoms. The molecule has 0 atom stereocenters. The number of hydrogen-bond acceptors (Lipinski definition) is 7. The van der Waals surface area contributed by atoms with Crippen molar-refractivity contribution < 1.29 is 18.9 Å². The molecule has 7 heteroatoms. The van der Waals surface area contributed by atoms with Crippen LogP contribution in [0.4, 0.5) is 11.5 Å². The molecule has 4 rings (SSSR count). The average molecular weight is 514 g/mol. The second-order valence-electron chi connectivity index (χ2n) is 9.00. The highest BCUT2D eigenvalue weighted by atomic mass is 16.5. The molecule has 0 saturated carbocycles. The van der Waals surface area contributed by atoms with Crippen LogP contribution in [0.25, 0.3) is 0 Å². The zero-order chi connectivity index (χ0) is 26.7. The lowest BCUT2D eigenvalue weighted by Gasteiger charge is -2.24. The van der Waals surface area contributed by atoms with E-state index in [-0.39, 0.29) is 0 Å². The predicted molar refractivity (Wildman–Crippen MR) is 152 cm³/mol. The lowest BCUT2D eigenvalue weighted by molar-refractivity contribution is 0.216. The fraction of sp³-hybridized carbons (Fsp3) is 0.258. The zero-order valence-corrected chi connectivity index (χ0v) is 22.5. The fourth-order valence-corrected chi connectivity index (χ4v) is 4.02. The van der Waals surface area contributed by atoms with Gasteiger partial charge in [0.2, 0.25) is 0 Å². The van der Waals surface area contributed by atoms with E-state index in [1.807, 2.05) is 91.8 Å². The summed E-state index contributed by atoms with van der Waals surface area (Å²) >= 11 is 0. The number of anilines is 2. The molecule has 0 amide bonds. The maximum absolute atomic E-state index is 5.89. The van der Waals surface area contributed by atoms with E-state index in [2.05, 4.69) is 17.0 Å². The minimum Gasteiger partial charge on any atom is -0.497 e. The van der Waals surface area contributed by atoms with Crippen molar-refractivity contribution in [2.45, 2.75) is 13.1 Å². The van der Waals surface area contributed by atoms with Gasteiger partial charge in [0.25, 0.3) is 0 Å². The van der Waals surface area contributed by atoms with Gasteiger partial charge in [0, 0.05) is 38.9 Å². The smallest absolute Gasteiger partial charge is 0.137 e. The quantitative estimate of drug-likeness (QED) is 0.209. The monoisotopic (exact) mass is 513 g/mol. The molecule has 0 unspecified atom stereocenters. The van der Waals surface area contributed by atoms with Crippen molar-refractivity contribution in [1.29, 1.82) is 0 Å². The first kappa shape index (κ1) is 26.7. The molecule has 38 heavy (non-hydrogen) atoms. The summed E-state index contributed by atoms with van der Waals surface area (Å²) in [7, 11) is 7.37. The SMILES string of the molecule is COc1cccc(CN(Cc2cccc(OC)c2)c2ccc(OCCOc3cccc(N(C)C)c3)cn2)c1. The van der Waals surface area contributed by atoms with Gasteiger partial charge in [-0.1, -0.05) is 30.3 Å². The molecular weight excluding hydrogens is 478 g/mol. The molecule has 0 radical (unpaired) electrons. The standard InChI is InChI=1S/C31H35N3O4/c1-33(2)26-10-7-13-29(20-26)37-16-17-38-30-14-15-31(32-21-30)34(22-24-8-5-11-27(18-24)35-3)23-25-9-6-12-28(19-25)36-4/h5-15,18-21H,16-17,22-23H2,1-4H3. The molecule has 0 fully saturated rings. The molecule has 0 saturated heterocycles. The summed E-state index contributed by atoms with van der Waals surface area (Å²) in [5.41, 5.74) is 3.35. The minimum absolute atomic E-state index is 0.421. The van der Waals surface area contributed by atoms with Crippen LogP contribution < -0.4 is 28.7 Å². The summed E-state index contributed by atoms with van der Waals surface area (Å²) < 4.78 is 22.6. The van der Waals surface area contributed by atoms with Gasteiger partial charge >= 0.3 is 0 Å². The molecule has 1 heterocycles. The van der Waals surface area contributed by atoms with Crippen molar-refractivity contribution in [3.8, 4) is 23.0 Å². The molecule has 4 aromatic rings. The Labute approximate surface area is 225 Å². The number of aromatic nitrogens is 1. The van der Waals surface area contributed by atoms with Crippen LogP contribution in [0.15, 0.2) is 91.1 Å². The van der Waals surface area contributed by atoms with E-state index in [0.29, 0.717) is 32.1 Å². The van der Waals surface area contributed by atoms with E-state index in [9.17, 15) is 0 Å². The lowest BCUT2D eigenvalue weighted by Crippen LogP contribution is -2.23. The Morgan fingerprint density at radius 3 is 1.76 bits per heavy atom. The van der Waals surface area contributed by atoms with Gasteiger partial charge < -0.3 is 28.7 Å². The maximum atomic E-state index is 5.89. The number of ether oxygens (including phenoxy) is 4. The van der Waals surface area contributed by atoms with E-state index in [4.69, 9.17) is 23.9 Å². The van der Waals surface area contributed by atoms with Crippen molar-refractivity contribution >= 4 is 11.5 Å². The van der Waals surface area contributed by atoms with Crippen LogP contribution >= 0.6 is 0 Å². The second kappa shape index (κ2) is 13.2. The molecular formula is C31H35N3O4. The van der Waals surface area contributed by atoms with Gasteiger partial charge in [0.1, 0.15) is 42.0 Å². The van der Waals surface area contributed by atoms with Crippen molar-refractivity contribution in [3.05, 3.63) is 102 Å². The third-order valence-corrected chi connectivity index (χ3v) is 6.01. The number of hydrogen-bond donors (Lipinski definition) is 0. The fourth-order valence-electron chi connectivity index (χ4n) is 4.02. The molecule has 0 N–H and O–H groups in total. The Morgan fingerprint density at radius 2 is 1.21 bits per heavy atom. The topological polar surface area (TPSA) is 56.3 Å². The Morgan fingerprint density at radius 1 is 0.632 bits per heavy atom. The second-order valence-corrected chi connectivity index (χ2v) is 9.00.